The van der Waals surface area contributed by atoms with Crippen molar-refractivity contribution >= 4 is 28.8 Å². The first-order valence-electron chi connectivity index (χ1n) is 10.8. The van der Waals surface area contributed by atoms with Gasteiger partial charge in [-0.15, -0.1) is 0 Å². The highest BCUT2D eigenvalue weighted by Crippen LogP contribution is 2.36. The molecule has 1 aliphatic heterocycles. The number of nitrogens with one attached hydrogen (secondary N) is 1. The lowest BCUT2D eigenvalue weighted by molar-refractivity contribution is -0.120. The van der Waals surface area contributed by atoms with Gasteiger partial charge in [0.2, 0.25) is 0 Å². The highest BCUT2D eigenvalue weighted by atomic mass is 16.5. The number of imide groups is 1. The first-order chi connectivity index (χ1) is 15.9. The molecule has 4 rings (SSSR count). The van der Waals surface area contributed by atoms with Crippen LogP contribution in [0.25, 0.3) is 5.57 Å². The Morgan fingerprint density at radius 1 is 0.879 bits per heavy atom. The van der Waals surface area contributed by atoms with E-state index in [1.807, 2.05) is 51.1 Å². The molecule has 3 aromatic carbocycles. The van der Waals surface area contributed by atoms with Crippen molar-refractivity contribution in [2.75, 3.05) is 23.9 Å². The fourth-order valence-electron chi connectivity index (χ4n) is 3.92. The summed E-state index contributed by atoms with van der Waals surface area (Å²) in [5, 5.41) is 3.18. The van der Waals surface area contributed by atoms with E-state index in [1.54, 1.807) is 43.5 Å². The number of hydrogen-bond donors (Lipinski definition) is 1. The third-order valence-electron chi connectivity index (χ3n) is 5.48. The molecule has 6 heteroatoms. The van der Waals surface area contributed by atoms with Crippen molar-refractivity contribution in [2.24, 2.45) is 0 Å². The molecule has 6 nitrogen and oxygen atoms in total. The number of rotatable bonds is 7. The largest absolute Gasteiger partial charge is 0.497 e. The summed E-state index contributed by atoms with van der Waals surface area (Å²) in [5.74, 6) is 0.503. The van der Waals surface area contributed by atoms with Gasteiger partial charge in [-0.1, -0.05) is 29.8 Å². The standard InChI is InChI=1S/C27H26N2O4/c1-5-33-22-8-6-7-20(16-22)29-26(30)24(23-14-9-17(2)15-18(23)3)25(27(29)31)28-19-10-12-21(32-4)13-11-19/h6-16,28H,5H2,1-4H3. The summed E-state index contributed by atoms with van der Waals surface area (Å²) in [6.45, 7) is 6.31. The Hall–Kier alpha value is -4.06. The van der Waals surface area contributed by atoms with Crippen LogP contribution in [0.2, 0.25) is 0 Å². The summed E-state index contributed by atoms with van der Waals surface area (Å²) < 4.78 is 10.8. The van der Waals surface area contributed by atoms with Crippen LogP contribution in [0.15, 0.2) is 72.4 Å². The molecule has 0 aromatic heterocycles. The van der Waals surface area contributed by atoms with E-state index in [4.69, 9.17) is 9.47 Å². The van der Waals surface area contributed by atoms with Crippen molar-refractivity contribution in [2.45, 2.75) is 20.8 Å². The lowest BCUT2D eigenvalue weighted by Gasteiger charge is -2.16. The Kier molecular flexibility index (Phi) is 6.18. The lowest BCUT2D eigenvalue weighted by Crippen LogP contribution is -2.32. The predicted octanol–water partition coefficient (Wildman–Crippen LogP) is 5.11. The topological polar surface area (TPSA) is 67.9 Å². The molecule has 0 unspecified atom stereocenters. The third kappa shape index (κ3) is 4.32. The fourth-order valence-corrected chi connectivity index (χ4v) is 3.92. The fraction of sp³-hybridized carbons (Fsp3) is 0.185. The van der Waals surface area contributed by atoms with E-state index in [0.717, 1.165) is 16.7 Å². The number of methoxy groups -OCH3 is 1. The van der Waals surface area contributed by atoms with Crippen LogP contribution in [0, 0.1) is 13.8 Å². The molecule has 1 aliphatic rings. The molecule has 0 bridgehead atoms. The molecule has 1 heterocycles. The molecule has 0 saturated heterocycles. The molecule has 0 radical (unpaired) electrons. The van der Waals surface area contributed by atoms with Gasteiger partial charge < -0.3 is 14.8 Å². The lowest BCUT2D eigenvalue weighted by atomic mass is 9.97. The highest BCUT2D eigenvalue weighted by Gasteiger charge is 2.40. The number of amides is 2. The number of aryl methyl sites for hydroxylation is 2. The van der Waals surface area contributed by atoms with Crippen LogP contribution in [0.5, 0.6) is 11.5 Å². The van der Waals surface area contributed by atoms with Crippen molar-refractivity contribution < 1.29 is 19.1 Å². The van der Waals surface area contributed by atoms with Gasteiger partial charge in [0.05, 0.1) is 25.0 Å². The molecule has 0 saturated carbocycles. The van der Waals surface area contributed by atoms with Crippen LogP contribution in [0.1, 0.15) is 23.6 Å². The average Bonchev–Trinajstić information content (AvgIpc) is 3.04. The zero-order valence-corrected chi connectivity index (χ0v) is 19.1. The van der Waals surface area contributed by atoms with Crippen LogP contribution < -0.4 is 19.7 Å². The van der Waals surface area contributed by atoms with E-state index in [0.29, 0.717) is 35.1 Å². The molecule has 33 heavy (non-hydrogen) atoms. The minimum absolute atomic E-state index is 0.235. The van der Waals surface area contributed by atoms with E-state index < -0.39 is 5.91 Å². The van der Waals surface area contributed by atoms with E-state index in [2.05, 4.69) is 5.32 Å². The van der Waals surface area contributed by atoms with Gasteiger partial charge in [-0.2, -0.15) is 0 Å². The summed E-state index contributed by atoms with van der Waals surface area (Å²) in [7, 11) is 1.59. The van der Waals surface area contributed by atoms with Crippen molar-refractivity contribution in [1.29, 1.82) is 0 Å². The zero-order valence-electron chi connectivity index (χ0n) is 19.1. The molecular weight excluding hydrogens is 416 g/mol. The minimum Gasteiger partial charge on any atom is -0.497 e. The minimum atomic E-state index is -0.417. The molecule has 2 amide bonds. The van der Waals surface area contributed by atoms with E-state index in [1.165, 1.54) is 4.90 Å². The van der Waals surface area contributed by atoms with Crippen LogP contribution in [-0.2, 0) is 9.59 Å². The predicted molar refractivity (Wildman–Crippen MR) is 130 cm³/mol. The number of hydrogen-bond acceptors (Lipinski definition) is 5. The number of carbonyl (C=O) groups is 2. The van der Waals surface area contributed by atoms with Gasteiger partial charge in [-0.3, -0.25) is 9.59 Å². The second-order valence-corrected chi connectivity index (χ2v) is 7.80. The number of carbonyl (C=O) groups excluding carboxylic acids is 2. The maximum absolute atomic E-state index is 13.7. The van der Waals surface area contributed by atoms with Gasteiger partial charge in [0, 0.05) is 11.8 Å². The monoisotopic (exact) mass is 442 g/mol. The molecule has 0 spiro atoms. The van der Waals surface area contributed by atoms with Gasteiger partial charge in [0.1, 0.15) is 17.2 Å². The Morgan fingerprint density at radius 2 is 1.64 bits per heavy atom. The average molecular weight is 443 g/mol. The van der Waals surface area contributed by atoms with E-state index in [9.17, 15) is 9.59 Å². The van der Waals surface area contributed by atoms with Gasteiger partial charge >= 0.3 is 0 Å². The molecule has 0 atom stereocenters. The summed E-state index contributed by atoms with van der Waals surface area (Å²) in [6, 6.07) is 20.0. The normalized spacial score (nSPS) is 13.5. The smallest absolute Gasteiger partial charge is 0.282 e. The summed E-state index contributed by atoms with van der Waals surface area (Å²) >= 11 is 0. The van der Waals surface area contributed by atoms with E-state index in [-0.39, 0.29) is 11.6 Å². The summed E-state index contributed by atoms with van der Waals surface area (Å²) in [4.78, 5) is 28.5. The molecule has 0 fully saturated rings. The van der Waals surface area contributed by atoms with Crippen molar-refractivity contribution in [1.82, 2.24) is 0 Å². The third-order valence-corrected chi connectivity index (χ3v) is 5.48. The Bertz CT molecular complexity index is 1250. The second kappa shape index (κ2) is 9.20. The first-order valence-corrected chi connectivity index (χ1v) is 10.8. The first kappa shape index (κ1) is 22.1. The quantitative estimate of drug-likeness (QED) is 0.515. The zero-order chi connectivity index (χ0) is 23.5. The molecular formula is C27H26N2O4. The number of ether oxygens (including phenoxy) is 2. The molecule has 168 valence electrons. The van der Waals surface area contributed by atoms with Crippen molar-refractivity contribution in [3.05, 3.63) is 89.1 Å². The molecule has 1 N–H and O–H groups in total. The van der Waals surface area contributed by atoms with Crippen molar-refractivity contribution in [3.8, 4) is 11.5 Å². The summed E-state index contributed by atoms with van der Waals surface area (Å²) in [5.41, 5.74) is 4.45. The number of anilines is 2. The number of nitrogens with zero attached hydrogens (tertiary/aromatic N) is 1. The Balaban J connectivity index is 1.81. The van der Waals surface area contributed by atoms with Crippen LogP contribution in [0.3, 0.4) is 0 Å². The van der Waals surface area contributed by atoms with Gasteiger partial charge in [-0.25, -0.2) is 4.90 Å². The van der Waals surface area contributed by atoms with Crippen molar-refractivity contribution in [3.63, 3.8) is 0 Å². The SMILES string of the molecule is CCOc1cccc(N2C(=O)C(Nc3ccc(OC)cc3)=C(c3ccc(C)cc3C)C2=O)c1. The van der Waals surface area contributed by atoms with Crippen LogP contribution in [0.4, 0.5) is 11.4 Å². The maximum Gasteiger partial charge on any atom is 0.282 e. The molecule has 0 aliphatic carbocycles. The maximum atomic E-state index is 13.7. The Labute approximate surface area is 193 Å². The van der Waals surface area contributed by atoms with Gasteiger partial charge in [0.25, 0.3) is 11.8 Å². The number of benzene rings is 3. The Morgan fingerprint density at radius 3 is 2.30 bits per heavy atom. The highest BCUT2D eigenvalue weighted by molar-refractivity contribution is 6.46. The van der Waals surface area contributed by atoms with Crippen LogP contribution >= 0.6 is 0 Å². The second-order valence-electron chi connectivity index (χ2n) is 7.80. The summed E-state index contributed by atoms with van der Waals surface area (Å²) in [6.07, 6.45) is 0. The van der Waals surface area contributed by atoms with Crippen LogP contribution in [-0.4, -0.2) is 25.5 Å². The van der Waals surface area contributed by atoms with E-state index >= 15 is 0 Å². The van der Waals surface area contributed by atoms with Gasteiger partial charge in [-0.05, 0) is 68.3 Å². The van der Waals surface area contributed by atoms with Gasteiger partial charge in [0.15, 0.2) is 0 Å². The molecule has 3 aromatic rings.